The minimum Gasteiger partial charge on any atom is -0.394 e. The van der Waals surface area contributed by atoms with E-state index in [1.165, 1.54) is 5.56 Å². The molecule has 2 aromatic heterocycles. The van der Waals surface area contributed by atoms with Crippen LogP contribution in [0.3, 0.4) is 0 Å². The van der Waals surface area contributed by atoms with Gasteiger partial charge in [0.1, 0.15) is 5.82 Å². The summed E-state index contributed by atoms with van der Waals surface area (Å²) in [6, 6.07) is 14.0. The van der Waals surface area contributed by atoms with Crippen LogP contribution in [0.2, 0.25) is 0 Å². The highest BCUT2D eigenvalue weighted by molar-refractivity contribution is 5.67. The molecule has 0 saturated heterocycles. The Balaban J connectivity index is 1.93. The average molecular weight is 406 g/mol. The fourth-order valence-electron chi connectivity index (χ4n) is 3.04. The average Bonchev–Trinajstić information content (AvgIpc) is 2.72. The first-order chi connectivity index (χ1) is 14.3. The normalized spacial score (nSPS) is 12.6. The summed E-state index contributed by atoms with van der Waals surface area (Å²) in [5.41, 5.74) is 4.07. The number of pyridine rings is 1. The molecule has 3 N–H and O–H groups in total. The molecule has 6 heteroatoms. The minimum absolute atomic E-state index is 0.0114. The number of aliphatic hydroxyl groups is 1. The summed E-state index contributed by atoms with van der Waals surface area (Å²) in [6.07, 6.45) is 3.49. The summed E-state index contributed by atoms with van der Waals surface area (Å²) >= 11 is 0. The van der Waals surface area contributed by atoms with Crippen LogP contribution < -0.4 is 10.6 Å². The Morgan fingerprint density at radius 1 is 0.967 bits per heavy atom. The van der Waals surface area contributed by atoms with Crippen LogP contribution in [0.5, 0.6) is 0 Å². The van der Waals surface area contributed by atoms with E-state index in [9.17, 15) is 5.11 Å². The highest BCUT2D eigenvalue weighted by atomic mass is 16.3. The lowest BCUT2D eigenvalue weighted by molar-refractivity contribution is 0.248. The zero-order valence-corrected chi connectivity index (χ0v) is 18.3. The van der Waals surface area contributed by atoms with Crippen molar-refractivity contribution >= 4 is 17.5 Å². The number of hydrogen-bond acceptors (Lipinski definition) is 6. The van der Waals surface area contributed by atoms with E-state index in [1.807, 2.05) is 18.2 Å². The van der Waals surface area contributed by atoms with E-state index in [-0.39, 0.29) is 24.0 Å². The van der Waals surface area contributed by atoms with Crippen LogP contribution >= 0.6 is 0 Å². The maximum Gasteiger partial charge on any atom is 0.225 e. The van der Waals surface area contributed by atoms with E-state index in [4.69, 9.17) is 0 Å². The third-order valence-electron chi connectivity index (χ3n) is 5.04. The van der Waals surface area contributed by atoms with Crippen LogP contribution in [0.4, 0.5) is 17.5 Å². The largest absolute Gasteiger partial charge is 0.394 e. The predicted octanol–water partition coefficient (Wildman–Crippen LogP) is 5.01. The molecule has 3 rings (SSSR count). The quantitative estimate of drug-likeness (QED) is 0.513. The second-order valence-corrected chi connectivity index (χ2v) is 8.83. The molecule has 158 valence electrons. The Bertz CT molecular complexity index is 950. The number of benzene rings is 1. The highest BCUT2D eigenvalue weighted by Gasteiger charge is 2.16. The standard InChI is InChI=1S/C24H31N5O/c1-16(2)21(15-30)28-23-27-20(17-10-12-25-13-11-17)14-22(29-23)26-19-8-6-18(7-9-19)24(3,4)5/h6-14,16,21,30H,15H2,1-5H3,(H2,26,27,28,29)/t21-/m1/s1. The molecule has 0 spiro atoms. The maximum atomic E-state index is 9.70. The van der Waals surface area contributed by atoms with Crippen molar-refractivity contribution in [2.45, 2.75) is 46.1 Å². The highest BCUT2D eigenvalue weighted by Crippen LogP contribution is 2.27. The van der Waals surface area contributed by atoms with Crippen molar-refractivity contribution in [2.75, 3.05) is 17.2 Å². The summed E-state index contributed by atoms with van der Waals surface area (Å²) in [5, 5.41) is 16.3. The van der Waals surface area contributed by atoms with Gasteiger partial charge < -0.3 is 15.7 Å². The molecule has 1 atom stereocenters. The molecular formula is C24H31N5O. The van der Waals surface area contributed by atoms with Gasteiger partial charge in [0.2, 0.25) is 5.95 Å². The van der Waals surface area contributed by atoms with Crippen molar-refractivity contribution in [2.24, 2.45) is 5.92 Å². The first kappa shape index (κ1) is 21.7. The van der Waals surface area contributed by atoms with Gasteiger partial charge in [-0.3, -0.25) is 4.98 Å². The summed E-state index contributed by atoms with van der Waals surface area (Å²) in [6.45, 7) is 10.7. The Labute approximate surface area is 178 Å². The van der Waals surface area contributed by atoms with E-state index in [2.05, 4.69) is 84.5 Å². The SMILES string of the molecule is CC(C)[C@@H](CO)Nc1nc(Nc2ccc(C(C)(C)C)cc2)cc(-c2ccncc2)n1. The van der Waals surface area contributed by atoms with Crippen molar-refractivity contribution in [3.8, 4) is 11.3 Å². The monoisotopic (exact) mass is 405 g/mol. The second kappa shape index (κ2) is 9.22. The second-order valence-electron chi connectivity index (χ2n) is 8.83. The molecule has 0 amide bonds. The van der Waals surface area contributed by atoms with Crippen molar-refractivity contribution in [3.63, 3.8) is 0 Å². The maximum absolute atomic E-state index is 9.70. The zero-order valence-electron chi connectivity index (χ0n) is 18.3. The molecule has 0 radical (unpaired) electrons. The van der Waals surface area contributed by atoms with Gasteiger partial charge in [-0.25, -0.2) is 4.98 Å². The van der Waals surface area contributed by atoms with Gasteiger partial charge in [-0.15, -0.1) is 0 Å². The van der Waals surface area contributed by atoms with Crippen molar-refractivity contribution < 1.29 is 5.11 Å². The van der Waals surface area contributed by atoms with Gasteiger partial charge in [-0.05, 0) is 41.2 Å². The van der Waals surface area contributed by atoms with E-state index in [1.54, 1.807) is 12.4 Å². The number of anilines is 3. The number of aliphatic hydroxyl groups excluding tert-OH is 1. The molecule has 6 nitrogen and oxygen atoms in total. The Hall–Kier alpha value is -2.99. The first-order valence-corrected chi connectivity index (χ1v) is 10.3. The van der Waals surface area contributed by atoms with Gasteiger partial charge in [0, 0.05) is 29.7 Å². The molecule has 0 unspecified atom stereocenters. The summed E-state index contributed by atoms with van der Waals surface area (Å²) in [4.78, 5) is 13.4. The first-order valence-electron chi connectivity index (χ1n) is 10.3. The third-order valence-corrected chi connectivity index (χ3v) is 5.04. The molecule has 3 aromatic rings. The Morgan fingerprint density at radius 3 is 2.20 bits per heavy atom. The Kier molecular flexibility index (Phi) is 6.67. The number of rotatable bonds is 7. The van der Waals surface area contributed by atoms with Crippen LogP contribution in [-0.2, 0) is 5.41 Å². The molecule has 0 aliphatic heterocycles. The smallest absolute Gasteiger partial charge is 0.225 e. The molecule has 1 aromatic carbocycles. The van der Waals surface area contributed by atoms with Gasteiger partial charge in [0.05, 0.1) is 18.3 Å². The molecular weight excluding hydrogens is 374 g/mol. The fraction of sp³-hybridized carbons (Fsp3) is 0.375. The number of nitrogens with zero attached hydrogens (tertiary/aromatic N) is 3. The third kappa shape index (κ3) is 5.54. The summed E-state index contributed by atoms with van der Waals surface area (Å²) < 4.78 is 0. The lowest BCUT2D eigenvalue weighted by atomic mass is 9.87. The van der Waals surface area contributed by atoms with Gasteiger partial charge in [0.15, 0.2) is 0 Å². The summed E-state index contributed by atoms with van der Waals surface area (Å²) in [7, 11) is 0. The van der Waals surface area contributed by atoms with E-state index in [0.29, 0.717) is 11.8 Å². The minimum atomic E-state index is -0.128. The molecule has 0 fully saturated rings. The lowest BCUT2D eigenvalue weighted by Crippen LogP contribution is -2.30. The van der Waals surface area contributed by atoms with Crippen LogP contribution in [0.25, 0.3) is 11.3 Å². The van der Waals surface area contributed by atoms with Gasteiger partial charge in [-0.2, -0.15) is 4.98 Å². The van der Waals surface area contributed by atoms with Crippen LogP contribution in [0.15, 0.2) is 54.9 Å². The topological polar surface area (TPSA) is 83.0 Å². The number of aromatic nitrogens is 3. The molecule has 0 bridgehead atoms. The fourth-order valence-corrected chi connectivity index (χ4v) is 3.04. The van der Waals surface area contributed by atoms with E-state index in [0.717, 1.165) is 16.9 Å². The van der Waals surface area contributed by atoms with Crippen LogP contribution in [0.1, 0.15) is 40.2 Å². The molecule has 0 aliphatic rings. The lowest BCUT2D eigenvalue weighted by Gasteiger charge is -2.21. The van der Waals surface area contributed by atoms with Gasteiger partial charge >= 0.3 is 0 Å². The molecule has 30 heavy (non-hydrogen) atoms. The van der Waals surface area contributed by atoms with Gasteiger partial charge in [0.25, 0.3) is 0 Å². The Morgan fingerprint density at radius 2 is 1.63 bits per heavy atom. The van der Waals surface area contributed by atoms with Gasteiger partial charge in [-0.1, -0.05) is 46.8 Å². The molecule has 0 saturated carbocycles. The van der Waals surface area contributed by atoms with E-state index < -0.39 is 0 Å². The van der Waals surface area contributed by atoms with Crippen molar-refractivity contribution in [3.05, 3.63) is 60.4 Å². The zero-order chi connectivity index (χ0) is 21.7. The molecule has 2 heterocycles. The number of nitrogens with one attached hydrogen (secondary N) is 2. The van der Waals surface area contributed by atoms with Crippen molar-refractivity contribution in [1.82, 2.24) is 15.0 Å². The van der Waals surface area contributed by atoms with Crippen molar-refractivity contribution in [1.29, 1.82) is 0 Å². The van der Waals surface area contributed by atoms with E-state index >= 15 is 0 Å². The van der Waals surface area contributed by atoms with Crippen LogP contribution in [-0.4, -0.2) is 32.7 Å². The number of hydrogen-bond donors (Lipinski definition) is 3. The summed E-state index contributed by atoms with van der Waals surface area (Å²) in [5.74, 6) is 1.40. The molecule has 0 aliphatic carbocycles. The van der Waals surface area contributed by atoms with Crippen LogP contribution in [0, 0.1) is 5.92 Å². The predicted molar refractivity (Wildman–Crippen MR) is 123 cm³/mol.